The number of carbonyl (C=O) groups is 1. The molecule has 0 aliphatic rings. The van der Waals surface area contributed by atoms with Crippen molar-refractivity contribution in [1.82, 2.24) is 10.3 Å². The van der Waals surface area contributed by atoms with Gasteiger partial charge in [0.15, 0.2) is 0 Å². The third-order valence-electron chi connectivity index (χ3n) is 2.32. The zero-order valence-electron chi connectivity index (χ0n) is 11.8. The molecule has 0 amide bonds. The number of hydrogen-bond donors (Lipinski definition) is 1. The average molecular weight is 266 g/mol. The molecule has 0 spiro atoms. The van der Waals surface area contributed by atoms with Crippen LogP contribution in [0.5, 0.6) is 5.88 Å². The van der Waals surface area contributed by atoms with Crippen LogP contribution in [0.2, 0.25) is 0 Å². The van der Waals surface area contributed by atoms with Gasteiger partial charge in [-0.3, -0.25) is 4.79 Å². The number of ether oxygens (including phenoxy) is 2. The SMILES string of the molecule is CCOC(=O)CCNCc1cccnc1OC(C)C. The summed E-state index contributed by atoms with van der Waals surface area (Å²) in [6.07, 6.45) is 2.17. The predicted molar refractivity (Wildman–Crippen MR) is 73.0 cm³/mol. The monoisotopic (exact) mass is 266 g/mol. The lowest BCUT2D eigenvalue weighted by molar-refractivity contribution is -0.142. The van der Waals surface area contributed by atoms with Crippen LogP contribution < -0.4 is 10.1 Å². The van der Waals surface area contributed by atoms with Gasteiger partial charge in [-0.25, -0.2) is 4.98 Å². The van der Waals surface area contributed by atoms with Crippen LogP contribution >= 0.6 is 0 Å². The Labute approximate surface area is 114 Å². The van der Waals surface area contributed by atoms with Crippen molar-refractivity contribution in [3.05, 3.63) is 23.9 Å². The van der Waals surface area contributed by atoms with Crippen molar-refractivity contribution in [1.29, 1.82) is 0 Å². The number of hydrogen-bond acceptors (Lipinski definition) is 5. The van der Waals surface area contributed by atoms with E-state index in [0.717, 1.165) is 5.56 Å². The van der Waals surface area contributed by atoms with Gasteiger partial charge in [-0.05, 0) is 26.8 Å². The summed E-state index contributed by atoms with van der Waals surface area (Å²) < 4.78 is 10.5. The molecular weight excluding hydrogens is 244 g/mol. The summed E-state index contributed by atoms with van der Waals surface area (Å²) in [6, 6.07) is 3.83. The molecule has 0 aromatic carbocycles. The highest BCUT2D eigenvalue weighted by atomic mass is 16.5. The molecule has 1 N–H and O–H groups in total. The van der Waals surface area contributed by atoms with E-state index in [4.69, 9.17) is 9.47 Å². The van der Waals surface area contributed by atoms with Gasteiger partial charge in [0, 0.05) is 24.8 Å². The molecule has 0 unspecified atom stereocenters. The highest BCUT2D eigenvalue weighted by Gasteiger charge is 2.07. The molecule has 0 saturated heterocycles. The first-order valence-corrected chi connectivity index (χ1v) is 6.60. The lowest BCUT2D eigenvalue weighted by atomic mass is 10.2. The molecule has 1 heterocycles. The van der Waals surface area contributed by atoms with Gasteiger partial charge in [0.25, 0.3) is 0 Å². The lowest BCUT2D eigenvalue weighted by Gasteiger charge is -2.13. The average Bonchev–Trinajstić information content (AvgIpc) is 2.36. The maximum Gasteiger partial charge on any atom is 0.307 e. The van der Waals surface area contributed by atoms with Crippen LogP contribution in [0.1, 0.15) is 32.8 Å². The van der Waals surface area contributed by atoms with Gasteiger partial charge >= 0.3 is 5.97 Å². The summed E-state index contributed by atoms with van der Waals surface area (Å²) in [6.45, 7) is 7.35. The Morgan fingerprint density at radius 3 is 2.95 bits per heavy atom. The summed E-state index contributed by atoms with van der Waals surface area (Å²) in [7, 11) is 0. The maximum atomic E-state index is 11.2. The molecule has 0 fully saturated rings. The largest absolute Gasteiger partial charge is 0.475 e. The van der Waals surface area contributed by atoms with Gasteiger partial charge in [0.2, 0.25) is 5.88 Å². The van der Waals surface area contributed by atoms with E-state index in [9.17, 15) is 4.79 Å². The number of esters is 1. The molecular formula is C14H22N2O3. The van der Waals surface area contributed by atoms with E-state index in [1.807, 2.05) is 26.0 Å². The zero-order chi connectivity index (χ0) is 14.1. The standard InChI is InChI=1S/C14H22N2O3/c1-4-18-13(17)7-9-15-10-12-6-5-8-16-14(12)19-11(2)3/h5-6,8,11,15H,4,7,9-10H2,1-3H3. The summed E-state index contributed by atoms with van der Waals surface area (Å²) in [4.78, 5) is 15.4. The molecule has 1 aromatic rings. The molecule has 0 aliphatic heterocycles. The fourth-order valence-corrected chi connectivity index (χ4v) is 1.53. The Morgan fingerprint density at radius 2 is 2.26 bits per heavy atom. The highest BCUT2D eigenvalue weighted by Crippen LogP contribution is 2.15. The lowest BCUT2D eigenvalue weighted by Crippen LogP contribution is -2.20. The number of aromatic nitrogens is 1. The normalized spacial score (nSPS) is 10.5. The van der Waals surface area contributed by atoms with Gasteiger partial charge in [-0.1, -0.05) is 6.07 Å². The fourth-order valence-electron chi connectivity index (χ4n) is 1.53. The summed E-state index contributed by atoms with van der Waals surface area (Å²) >= 11 is 0. The highest BCUT2D eigenvalue weighted by molar-refractivity contribution is 5.69. The zero-order valence-corrected chi connectivity index (χ0v) is 11.8. The minimum Gasteiger partial charge on any atom is -0.475 e. The Kier molecular flexibility index (Phi) is 6.89. The van der Waals surface area contributed by atoms with Crippen molar-refractivity contribution >= 4 is 5.97 Å². The Bertz CT molecular complexity index is 394. The molecule has 0 aliphatic carbocycles. The van der Waals surface area contributed by atoms with Crippen LogP contribution in [-0.4, -0.2) is 30.2 Å². The van der Waals surface area contributed by atoms with E-state index >= 15 is 0 Å². The van der Waals surface area contributed by atoms with Gasteiger partial charge in [0.05, 0.1) is 19.1 Å². The second kappa shape index (κ2) is 8.48. The van der Waals surface area contributed by atoms with Crippen molar-refractivity contribution in [2.75, 3.05) is 13.2 Å². The van der Waals surface area contributed by atoms with Crippen molar-refractivity contribution in [2.45, 2.75) is 39.8 Å². The molecule has 0 radical (unpaired) electrons. The van der Waals surface area contributed by atoms with Crippen LogP contribution in [0, 0.1) is 0 Å². The Morgan fingerprint density at radius 1 is 1.47 bits per heavy atom. The minimum atomic E-state index is -0.181. The van der Waals surface area contributed by atoms with Gasteiger partial charge < -0.3 is 14.8 Å². The molecule has 1 rings (SSSR count). The van der Waals surface area contributed by atoms with E-state index in [-0.39, 0.29) is 12.1 Å². The van der Waals surface area contributed by atoms with Gasteiger partial charge in [0.1, 0.15) is 0 Å². The van der Waals surface area contributed by atoms with Crippen molar-refractivity contribution in [2.24, 2.45) is 0 Å². The molecule has 0 bridgehead atoms. The van der Waals surface area contributed by atoms with Gasteiger partial charge in [-0.15, -0.1) is 0 Å². The predicted octanol–water partition coefficient (Wildman–Crippen LogP) is 1.91. The quantitative estimate of drug-likeness (QED) is 0.575. The third kappa shape index (κ3) is 6.20. The summed E-state index contributed by atoms with van der Waals surface area (Å²) in [5, 5.41) is 3.18. The van der Waals surface area contributed by atoms with Crippen LogP contribution in [0.15, 0.2) is 18.3 Å². The third-order valence-corrected chi connectivity index (χ3v) is 2.32. The van der Waals surface area contributed by atoms with E-state index in [0.29, 0.717) is 32.0 Å². The smallest absolute Gasteiger partial charge is 0.307 e. The van der Waals surface area contributed by atoms with Crippen molar-refractivity contribution in [3.63, 3.8) is 0 Å². The number of rotatable bonds is 8. The first-order chi connectivity index (χ1) is 9.13. The second-order valence-electron chi connectivity index (χ2n) is 4.37. The number of carbonyl (C=O) groups excluding carboxylic acids is 1. The molecule has 5 heteroatoms. The number of nitrogens with zero attached hydrogens (tertiary/aromatic N) is 1. The Hall–Kier alpha value is -1.62. The molecule has 106 valence electrons. The molecule has 1 aromatic heterocycles. The number of nitrogens with one attached hydrogen (secondary N) is 1. The van der Waals surface area contributed by atoms with Crippen molar-refractivity contribution in [3.8, 4) is 5.88 Å². The van der Waals surface area contributed by atoms with Crippen LogP contribution in [-0.2, 0) is 16.1 Å². The fraction of sp³-hybridized carbons (Fsp3) is 0.571. The van der Waals surface area contributed by atoms with E-state index in [1.165, 1.54) is 0 Å². The van der Waals surface area contributed by atoms with E-state index < -0.39 is 0 Å². The van der Waals surface area contributed by atoms with Crippen molar-refractivity contribution < 1.29 is 14.3 Å². The molecule has 0 atom stereocenters. The number of pyridine rings is 1. The molecule has 5 nitrogen and oxygen atoms in total. The topological polar surface area (TPSA) is 60.5 Å². The summed E-state index contributed by atoms with van der Waals surface area (Å²) in [5.74, 6) is 0.459. The molecule has 0 saturated carbocycles. The van der Waals surface area contributed by atoms with Crippen LogP contribution in [0.4, 0.5) is 0 Å². The molecule has 19 heavy (non-hydrogen) atoms. The van der Waals surface area contributed by atoms with Crippen LogP contribution in [0.3, 0.4) is 0 Å². The summed E-state index contributed by atoms with van der Waals surface area (Å²) in [5.41, 5.74) is 0.986. The van der Waals surface area contributed by atoms with E-state index in [1.54, 1.807) is 13.1 Å². The van der Waals surface area contributed by atoms with Crippen LogP contribution in [0.25, 0.3) is 0 Å². The first kappa shape index (κ1) is 15.4. The maximum absolute atomic E-state index is 11.2. The Balaban J connectivity index is 2.38. The van der Waals surface area contributed by atoms with Gasteiger partial charge in [-0.2, -0.15) is 0 Å². The second-order valence-corrected chi connectivity index (χ2v) is 4.37. The van der Waals surface area contributed by atoms with E-state index in [2.05, 4.69) is 10.3 Å². The first-order valence-electron chi connectivity index (χ1n) is 6.60. The minimum absolute atomic E-state index is 0.0909.